The van der Waals surface area contributed by atoms with Crippen molar-refractivity contribution in [1.29, 1.82) is 0 Å². The molecule has 1 fully saturated rings. The van der Waals surface area contributed by atoms with Crippen LogP contribution in [0.2, 0.25) is 0 Å². The van der Waals surface area contributed by atoms with Crippen LogP contribution in [0.3, 0.4) is 0 Å². The summed E-state index contributed by atoms with van der Waals surface area (Å²) < 4.78 is 0. The van der Waals surface area contributed by atoms with Crippen LogP contribution in [0.1, 0.15) is 12.0 Å². The van der Waals surface area contributed by atoms with Crippen LogP contribution in [-0.2, 0) is 10.2 Å². The Morgan fingerprint density at radius 1 is 1.43 bits per heavy atom. The summed E-state index contributed by atoms with van der Waals surface area (Å²) >= 11 is 0. The molecule has 0 saturated heterocycles. The van der Waals surface area contributed by atoms with Crippen molar-refractivity contribution >= 4 is 5.97 Å². The third-order valence-corrected chi connectivity index (χ3v) is 3.00. The number of benzene rings is 1. The fourth-order valence-electron chi connectivity index (χ4n) is 2.02. The molecule has 2 atom stereocenters. The average molecular weight is 192 g/mol. The maximum Gasteiger partial charge on any atom is 0.314 e. The Morgan fingerprint density at radius 2 is 2.07 bits per heavy atom. The third kappa shape index (κ3) is 1.13. The zero-order chi connectivity index (χ0) is 10.2. The van der Waals surface area contributed by atoms with Crippen molar-refractivity contribution in [3.63, 3.8) is 0 Å². The van der Waals surface area contributed by atoms with E-state index in [1.54, 1.807) is 0 Å². The maximum atomic E-state index is 11.1. The highest BCUT2D eigenvalue weighted by Crippen LogP contribution is 2.54. The second-order valence-electron chi connectivity index (χ2n) is 3.73. The molecule has 0 amide bonds. The summed E-state index contributed by atoms with van der Waals surface area (Å²) in [7, 11) is 0. The van der Waals surface area contributed by atoms with Gasteiger partial charge in [-0.25, -0.2) is 0 Å². The lowest BCUT2D eigenvalue weighted by Crippen LogP contribution is -2.23. The molecule has 1 aliphatic carbocycles. The van der Waals surface area contributed by atoms with Gasteiger partial charge in [-0.05, 0) is 12.0 Å². The van der Waals surface area contributed by atoms with E-state index in [0.29, 0.717) is 6.42 Å². The van der Waals surface area contributed by atoms with Crippen LogP contribution in [-0.4, -0.2) is 22.8 Å². The quantitative estimate of drug-likeness (QED) is 0.751. The molecule has 0 aliphatic heterocycles. The van der Waals surface area contributed by atoms with E-state index in [4.69, 9.17) is 10.2 Å². The van der Waals surface area contributed by atoms with Crippen molar-refractivity contribution in [3.8, 4) is 0 Å². The topological polar surface area (TPSA) is 57.5 Å². The number of rotatable bonds is 3. The molecule has 0 aromatic heterocycles. The second-order valence-corrected chi connectivity index (χ2v) is 3.73. The first-order valence-electron chi connectivity index (χ1n) is 4.61. The van der Waals surface area contributed by atoms with Gasteiger partial charge >= 0.3 is 5.97 Å². The summed E-state index contributed by atoms with van der Waals surface area (Å²) in [4.78, 5) is 11.1. The number of aliphatic hydroxyl groups is 1. The zero-order valence-corrected chi connectivity index (χ0v) is 7.68. The molecule has 1 saturated carbocycles. The molecule has 0 heterocycles. The first-order chi connectivity index (χ1) is 6.71. The second kappa shape index (κ2) is 3.10. The Morgan fingerprint density at radius 3 is 2.50 bits per heavy atom. The molecule has 3 nitrogen and oxygen atoms in total. The van der Waals surface area contributed by atoms with E-state index in [-0.39, 0.29) is 12.5 Å². The number of carboxylic acids is 1. The first kappa shape index (κ1) is 9.21. The van der Waals surface area contributed by atoms with Gasteiger partial charge in [0.25, 0.3) is 0 Å². The fourth-order valence-corrected chi connectivity index (χ4v) is 2.02. The molecule has 2 N–H and O–H groups in total. The number of aliphatic carboxylic acids is 1. The Balaban J connectivity index is 2.36. The van der Waals surface area contributed by atoms with E-state index >= 15 is 0 Å². The summed E-state index contributed by atoms with van der Waals surface area (Å²) in [6, 6.07) is 9.13. The maximum absolute atomic E-state index is 11.1. The van der Waals surface area contributed by atoms with E-state index in [9.17, 15) is 4.79 Å². The van der Waals surface area contributed by atoms with Gasteiger partial charge in [-0.2, -0.15) is 0 Å². The molecule has 1 aromatic carbocycles. The van der Waals surface area contributed by atoms with Gasteiger partial charge in [-0.1, -0.05) is 30.3 Å². The van der Waals surface area contributed by atoms with Crippen molar-refractivity contribution in [2.45, 2.75) is 11.8 Å². The highest BCUT2D eigenvalue weighted by molar-refractivity contribution is 5.85. The molecular weight excluding hydrogens is 180 g/mol. The zero-order valence-electron chi connectivity index (χ0n) is 7.68. The molecule has 14 heavy (non-hydrogen) atoms. The number of hydrogen-bond acceptors (Lipinski definition) is 2. The molecule has 1 aromatic rings. The summed E-state index contributed by atoms with van der Waals surface area (Å²) in [5, 5.41) is 18.1. The van der Waals surface area contributed by atoms with Gasteiger partial charge in [-0.3, -0.25) is 4.79 Å². The number of hydrogen-bond donors (Lipinski definition) is 2. The minimum atomic E-state index is -0.831. The average Bonchev–Trinajstić information content (AvgIpc) is 2.94. The normalized spacial score (nSPS) is 29.9. The molecule has 2 rings (SSSR count). The largest absolute Gasteiger partial charge is 0.481 e. The van der Waals surface area contributed by atoms with Crippen molar-refractivity contribution < 1.29 is 15.0 Å². The molecule has 1 aliphatic rings. The molecule has 3 heteroatoms. The molecule has 0 spiro atoms. The Labute approximate surface area is 82.0 Å². The smallest absolute Gasteiger partial charge is 0.314 e. The van der Waals surface area contributed by atoms with Crippen LogP contribution in [0.25, 0.3) is 0 Å². The van der Waals surface area contributed by atoms with Crippen molar-refractivity contribution in [3.05, 3.63) is 35.9 Å². The lowest BCUT2D eigenvalue weighted by atomic mass is 9.93. The van der Waals surface area contributed by atoms with Gasteiger partial charge in [-0.15, -0.1) is 0 Å². The predicted molar refractivity (Wildman–Crippen MR) is 50.9 cm³/mol. The van der Waals surface area contributed by atoms with Crippen molar-refractivity contribution in [2.24, 2.45) is 5.92 Å². The Bertz CT molecular complexity index is 347. The van der Waals surface area contributed by atoms with Gasteiger partial charge in [0, 0.05) is 12.5 Å². The van der Waals surface area contributed by atoms with Crippen molar-refractivity contribution in [1.82, 2.24) is 0 Å². The minimum absolute atomic E-state index is 0.0544. The number of carboxylic acid groups (broad SMARTS) is 1. The van der Waals surface area contributed by atoms with Crippen LogP contribution < -0.4 is 0 Å². The van der Waals surface area contributed by atoms with E-state index in [1.807, 2.05) is 30.3 Å². The number of carbonyl (C=O) groups is 1. The minimum Gasteiger partial charge on any atom is -0.481 e. The van der Waals surface area contributed by atoms with E-state index in [1.165, 1.54) is 0 Å². The van der Waals surface area contributed by atoms with Crippen LogP contribution in [0, 0.1) is 5.92 Å². The van der Waals surface area contributed by atoms with Crippen LogP contribution in [0.15, 0.2) is 30.3 Å². The van der Waals surface area contributed by atoms with Gasteiger partial charge in [0.2, 0.25) is 0 Å². The molecule has 0 radical (unpaired) electrons. The van der Waals surface area contributed by atoms with Gasteiger partial charge in [0.15, 0.2) is 0 Å². The fraction of sp³-hybridized carbons (Fsp3) is 0.364. The predicted octanol–water partition coefficient (Wildman–Crippen LogP) is 1.02. The Kier molecular flexibility index (Phi) is 2.04. The van der Waals surface area contributed by atoms with E-state index < -0.39 is 11.4 Å². The van der Waals surface area contributed by atoms with Crippen LogP contribution >= 0.6 is 0 Å². The van der Waals surface area contributed by atoms with Gasteiger partial charge < -0.3 is 10.2 Å². The molecular formula is C11H12O3. The molecule has 0 bridgehead atoms. The van der Waals surface area contributed by atoms with Crippen LogP contribution in [0.5, 0.6) is 0 Å². The monoisotopic (exact) mass is 192 g/mol. The highest BCUT2D eigenvalue weighted by atomic mass is 16.4. The van der Waals surface area contributed by atoms with E-state index in [0.717, 1.165) is 5.56 Å². The standard InChI is InChI=1S/C11H12O3/c12-7-9-6-11(9,10(13)14)8-4-2-1-3-5-8/h1-5,9,12H,6-7H2,(H,13,14)/t9?,11-/m0/s1. The van der Waals surface area contributed by atoms with E-state index in [2.05, 4.69) is 0 Å². The van der Waals surface area contributed by atoms with Gasteiger partial charge in [0.05, 0.1) is 5.41 Å². The summed E-state index contributed by atoms with van der Waals surface area (Å²) in [6.45, 7) is -0.0544. The SMILES string of the molecule is O=C(O)[C@]1(c2ccccc2)CC1CO. The first-order valence-corrected chi connectivity index (χ1v) is 4.61. The van der Waals surface area contributed by atoms with Crippen LogP contribution in [0.4, 0.5) is 0 Å². The third-order valence-electron chi connectivity index (χ3n) is 3.00. The number of aliphatic hydroxyl groups excluding tert-OH is 1. The lowest BCUT2D eigenvalue weighted by molar-refractivity contribution is -0.140. The lowest BCUT2D eigenvalue weighted by Gasteiger charge is -2.11. The summed E-state index contributed by atoms with van der Waals surface area (Å²) in [5.74, 6) is -0.954. The Hall–Kier alpha value is -1.35. The molecule has 74 valence electrons. The summed E-state index contributed by atoms with van der Waals surface area (Å²) in [5.41, 5.74) is -0.0257. The van der Waals surface area contributed by atoms with Gasteiger partial charge in [0.1, 0.15) is 0 Å². The highest BCUT2D eigenvalue weighted by Gasteiger charge is 2.61. The molecule has 1 unspecified atom stereocenters. The summed E-state index contributed by atoms with van der Waals surface area (Å²) in [6.07, 6.45) is 0.544. The van der Waals surface area contributed by atoms with Crippen molar-refractivity contribution in [2.75, 3.05) is 6.61 Å².